The number of fused-ring (bicyclic) bond motifs is 5. The monoisotopic (exact) mass is 484 g/mol. The van der Waals surface area contributed by atoms with E-state index in [1.54, 1.807) is 5.20 Å². The van der Waals surface area contributed by atoms with E-state index in [1.807, 2.05) is 0 Å². The fourth-order valence-electron chi connectivity index (χ4n) is 6.97. The minimum absolute atomic E-state index is 0.383. The predicted molar refractivity (Wildman–Crippen MR) is 158 cm³/mol. The van der Waals surface area contributed by atoms with Crippen LogP contribution in [0.4, 0.5) is 0 Å². The quantitative estimate of drug-likeness (QED) is 0.226. The van der Waals surface area contributed by atoms with E-state index in [4.69, 9.17) is 0 Å². The minimum Gasteiger partial charge on any atom is -0.0936 e. The van der Waals surface area contributed by atoms with E-state index in [1.165, 1.54) is 70.4 Å². The van der Waals surface area contributed by atoms with Crippen molar-refractivity contribution in [3.05, 3.63) is 130 Å². The lowest BCUT2D eigenvalue weighted by Crippen LogP contribution is -2.44. The summed E-state index contributed by atoms with van der Waals surface area (Å²) < 4.78 is 0. The van der Waals surface area contributed by atoms with Crippen LogP contribution < -0.4 is 10.4 Å². The second kappa shape index (κ2) is 9.71. The van der Waals surface area contributed by atoms with Crippen LogP contribution in [0.1, 0.15) is 55.7 Å². The SMILES string of the molecule is CCCCCCC=C[Si](C)(C1=c2ccccc2=C2C=CC=CC21)C1c2ccccc2-c2ccccc21. The zero-order chi connectivity index (χ0) is 24.5. The predicted octanol–water partition coefficient (Wildman–Crippen LogP) is 7.78. The summed E-state index contributed by atoms with van der Waals surface area (Å²) in [4.78, 5) is 0. The Morgan fingerprint density at radius 2 is 1.42 bits per heavy atom. The Labute approximate surface area is 217 Å². The molecule has 1 heteroatoms. The van der Waals surface area contributed by atoms with Gasteiger partial charge in [-0.3, -0.25) is 0 Å². The van der Waals surface area contributed by atoms with Gasteiger partial charge in [-0.15, -0.1) is 0 Å². The first kappa shape index (κ1) is 23.2. The van der Waals surface area contributed by atoms with E-state index >= 15 is 0 Å². The molecule has 0 radical (unpaired) electrons. The molecule has 3 aliphatic rings. The van der Waals surface area contributed by atoms with Gasteiger partial charge in [0.2, 0.25) is 0 Å². The van der Waals surface area contributed by atoms with Crippen molar-refractivity contribution in [1.29, 1.82) is 0 Å². The van der Waals surface area contributed by atoms with Crippen LogP contribution in [-0.2, 0) is 0 Å². The smallest absolute Gasteiger partial charge is 0.0936 e. The summed E-state index contributed by atoms with van der Waals surface area (Å²) in [6, 6.07) is 27.6. The summed E-state index contributed by atoms with van der Waals surface area (Å²) in [5.74, 6) is 0.383. The Morgan fingerprint density at radius 1 is 0.750 bits per heavy atom. The topological polar surface area (TPSA) is 0 Å². The standard InChI is InChI=1S/C35H36Si/c1-3-4-5-6-7-16-25-36(2,34-30-21-12-8-17-26(30)27-18-9-13-22-31(27)34)35-32-23-14-10-19-28(32)29-20-11-15-24-33(29)35/h8-25,30,35H,3-7H2,1-2H3. The molecule has 0 saturated heterocycles. The summed E-state index contributed by atoms with van der Waals surface area (Å²) in [6.07, 6.45) is 18.3. The van der Waals surface area contributed by atoms with Crippen LogP contribution >= 0.6 is 0 Å². The molecule has 0 fully saturated rings. The van der Waals surface area contributed by atoms with E-state index in [0.29, 0.717) is 11.5 Å². The van der Waals surface area contributed by atoms with Crippen LogP contribution in [0.25, 0.3) is 21.9 Å². The average molecular weight is 485 g/mol. The number of unbranched alkanes of at least 4 members (excludes halogenated alkanes) is 4. The van der Waals surface area contributed by atoms with Crippen molar-refractivity contribution in [2.24, 2.45) is 5.92 Å². The Morgan fingerprint density at radius 3 is 2.14 bits per heavy atom. The molecule has 3 aromatic rings. The van der Waals surface area contributed by atoms with Gasteiger partial charge in [-0.1, -0.05) is 147 Å². The van der Waals surface area contributed by atoms with Crippen molar-refractivity contribution in [1.82, 2.24) is 0 Å². The van der Waals surface area contributed by atoms with Crippen LogP contribution in [0, 0.1) is 5.92 Å². The molecular weight excluding hydrogens is 448 g/mol. The van der Waals surface area contributed by atoms with Gasteiger partial charge in [-0.25, -0.2) is 0 Å². The summed E-state index contributed by atoms with van der Waals surface area (Å²) >= 11 is 0. The molecule has 0 amide bonds. The first-order chi connectivity index (χ1) is 17.7. The fraction of sp³-hybridized carbons (Fsp3) is 0.257. The van der Waals surface area contributed by atoms with Crippen LogP contribution in [0.5, 0.6) is 0 Å². The molecule has 2 atom stereocenters. The van der Waals surface area contributed by atoms with E-state index in [-0.39, 0.29) is 0 Å². The first-order valence-corrected chi connectivity index (χ1v) is 16.4. The van der Waals surface area contributed by atoms with Crippen LogP contribution in [0.3, 0.4) is 0 Å². The highest BCUT2D eigenvalue weighted by molar-refractivity contribution is 7.00. The first-order valence-electron chi connectivity index (χ1n) is 13.8. The fourth-order valence-corrected chi connectivity index (χ4v) is 11.8. The summed E-state index contributed by atoms with van der Waals surface area (Å²) in [6.45, 7) is 4.95. The van der Waals surface area contributed by atoms with Crippen LogP contribution in [-0.4, -0.2) is 8.07 Å². The van der Waals surface area contributed by atoms with Crippen molar-refractivity contribution in [3.8, 4) is 11.1 Å². The molecule has 0 spiro atoms. The van der Waals surface area contributed by atoms with Gasteiger partial charge in [0.1, 0.15) is 8.07 Å². The number of hydrogen-bond acceptors (Lipinski definition) is 0. The molecule has 36 heavy (non-hydrogen) atoms. The third-order valence-electron chi connectivity index (χ3n) is 8.57. The average Bonchev–Trinajstić information content (AvgIpc) is 3.45. The summed E-state index contributed by atoms with van der Waals surface area (Å²) in [7, 11) is -2.18. The number of hydrogen-bond donors (Lipinski definition) is 0. The van der Waals surface area contributed by atoms with Crippen molar-refractivity contribution >= 4 is 18.8 Å². The zero-order valence-electron chi connectivity index (χ0n) is 21.6. The number of rotatable bonds is 8. The molecule has 0 saturated carbocycles. The molecule has 180 valence electrons. The van der Waals surface area contributed by atoms with Gasteiger partial charge in [0.15, 0.2) is 0 Å². The van der Waals surface area contributed by atoms with Gasteiger partial charge in [-0.2, -0.15) is 0 Å². The maximum Gasteiger partial charge on any atom is 0.115 e. The number of allylic oxidation sites excluding steroid dienone is 5. The summed E-state index contributed by atoms with van der Waals surface area (Å²) in [5, 5.41) is 4.61. The Hall–Kier alpha value is -3.16. The van der Waals surface area contributed by atoms with Crippen molar-refractivity contribution < 1.29 is 0 Å². The van der Waals surface area contributed by atoms with Gasteiger partial charge in [-0.05, 0) is 51.1 Å². The minimum atomic E-state index is -2.18. The van der Waals surface area contributed by atoms with Gasteiger partial charge >= 0.3 is 0 Å². The van der Waals surface area contributed by atoms with Gasteiger partial charge in [0.05, 0.1) is 0 Å². The molecule has 0 nitrogen and oxygen atoms in total. The molecule has 0 heterocycles. The molecule has 3 aliphatic carbocycles. The van der Waals surface area contributed by atoms with E-state index in [2.05, 4.69) is 122 Å². The highest BCUT2D eigenvalue weighted by Gasteiger charge is 2.48. The molecule has 0 aliphatic heterocycles. The third kappa shape index (κ3) is 3.73. The van der Waals surface area contributed by atoms with E-state index in [9.17, 15) is 0 Å². The van der Waals surface area contributed by atoms with Crippen molar-refractivity contribution in [3.63, 3.8) is 0 Å². The van der Waals surface area contributed by atoms with E-state index in [0.717, 1.165) is 0 Å². The zero-order valence-corrected chi connectivity index (χ0v) is 22.6. The largest absolute Gasteiger partial charge is 0.115 e. The number of benzene rings is 3. The Kier molecular flexibility index (Phi) is 6.27. The maximum absolute atomic E-state index is 2.73. The highest BCUT2D eigenvalue weighted by Crippen LogP contribution is 2.53. The molecule has 6 rings (SSSR count). The second-order valence-corrected chi connectivity index (χ2v) is 14.8. The molecular formula is C35H36Si. The van der Waals surface area contributed by atoms with Crippen molar-refractivity contribution in [2.75, 3.05) is 0 Å². The Bertz CT molecular complexity index is 1460. The van der Waals surface area contributed by atoms with Gasteiger partial charge < -0.3 is 0 Å². The summed E-state index contributed by atoms with van der Waals surface area (Å²) in [5.41, 5.74) is 10.6. The lowest BCUT2D eigenvalue weighted by molar-refractivity contribution is 0.674. The second-order valence-electron chi connectivity index (χ2n) is 10.8. The maximum atomic E-state index is 2.73. The molecule has 3 aromatic carbocycles. The van der Waals surface area contributed by atoms with Crippen molar-refractivity contribution in [2.45, 2.75) is 51.1 Å². The normalized spacial score (nSPS) is 19.3. The molecule has 0 bridgehead atoms. The Balaban J connectivity index is 1.57. The molecule has 2 unspecified atom stereocenters. The molecule has 0 aromatic heterocycles. The van der Waals surface area contributed by atoms with Crippen LogP contribution in [0.2, 0.25) is 6.55 Å². The van der Waals surface area contributed by atoms with Crippen LogP contribution in [0.15, 0.2) is 109 Å². The van der Waals surface area contributed by atoms with E-state index < -0.39 is 8.07 Å². The van der Waals surface area contributed by atoms with Gasteiger partial charge in [0.25, 0.3) is 0 Å². The lowest BCUT2D eigenvalue weighted by atomic mass is 9.97. The third-order valence-corrected chi connectivity index (χ3v) is 13.1. The highest BCUT2D eigenvalue weighted by atomic mass is 28.3. The lowest BCUT2D eigenvalue weighted by Gasteiger charge is -2.37. The molecule has 0 N–H and O–H groups in total. The van der Waals surface area contributed by atoms with Gasteiger partial charge in [0, 0.05) is 11.5 Å².